The molecule has 1 fully saturated rings. The molecule has 1 atom stereocenters. The van der Waals surface area contributed by atoms with E-state index in [2.05, 4.69) is 48.1 Å². The van der Waals surface area contributed by atoms with E-state index in [4.69, 9.17) is 9.84 Å². The third-order valence-electron chi connectivity index (χ3n) is 6.14. The SMILES string of the molecule is CCOC(=O)N1CCC(NC2CC(C)(C)Cc3c2cnn3-c2ccccc2)CC1. The fourth-order valence-electron chi connectivity index (χ4n) is 4.71. The van der Waals surface area contributed by atoms with Crippen LogP contribution in [-0.4, -0.2) is 46.5 Å². The first-order valence-corrected chi connectivity index (χ1v) is 10.8. The molecule has 0 saturated carbocycles. The molecule has 1 aromatic heterocycles. The predicted octanol–water partition coefficient (Wildman–Crippen LogP) is 4.10. The van der Waals surface area contributed by atoms with Crippen molar-refractivity contribution < 1.29 is 9.53 Å². The van der Waals surface area contributed by atoms with Crippen LogP contribution < -0.4 is 5.32 Å². The molecule has 6 heteroatoms. The highest BCUT2D eigenvalue weighted by atomic mass is 16.6. The van der Waals surface area contributed by atoms with Crippen LogP contribution >= 0.6 is 0 Å². The Kier molecular flexibility index (Phi) is 5.63. The molecule has 2 aromatic rings. The molecule has 1 aliphatic carbocycles. The van der Waals surface area contributed by atoms with Gasteiger partial charge in [-0.15, -0.1) is 0 Å². The van der Waals surface area contributed by atoms with E-state index in [-0.39, 0.29) is 11.5 Å². The van der Waals surface area contributed by atoms with Gasteiger partial charge in [-0.25, -0.2) is 9.48 Å². The van der Waals surface area contributed by atoms with Crippen LogP contribution in [0.25, 0.3) is 5.69 Å². The topological polar surface area (TPSA) is 59.4 Å². The predicted molar refractivity (Wildman–Crippen MR) is 113 cm³/mol. The Morgan fingerprint density at radius 3 is 2.66 bits per heavy atom. The second-order valence-electron chi connectivity index (χ2n) is 9.02. The van der Waals surface area contributed by atoms with Crippen LogP contribution in [0.3, 0.4) is 0 Å². The number of piperidine rings is 1. The summed E-state index contributed by atoms with van der Waals surface area (Å²) in [7, 11) is 0. The highest BCUT2D eigenvalue weighted by Crippen LogP contribution is 2.41. The van der Waals surface area contributed by atoms with Gasteiger partial charge in [-0.3, -0.25) is 0 Å². The molecular weight excluding hydrogens is 364 g/mol. The molecule has 4 rings (SSSR count). The van der Waals surface area contributed by atoms with Crippen LogP contribution in [0.15, 0.2) is 36.5 Å². The lowest BCUT2D eigenvalue weighted by Crippen LogP contribution is -2.47. The molecule has 1 aliphatic heterocycles. The van der Waals surface area contributed by atoms with Gasteiger partial charge >= 0.3 is 6.09 Å². The van der Waals surface area contributed by atoms with Crippen molar-refractivity contribution in [3.05, 3.63) is 47.8 Å². The van der Waals surface area contributed by atoms with E-state index < -0.39 is 0 Å². The van der Waals surface area contributed by atoms with Crippen molar-refractivity contribution in [3.8, 4) is 5.69 Å². The van der Waals surface area contributed by atoms with Gasteiger partial charge < -0.3 is 15.0 Å². The van der Waals surface area contributed by atoms with Gasteiger partial charge in [-0.2, -0.15) is 5.10 Å². The summed E-state index contributed by atoms with van der Waals surface area (Å²) in [5.74, 6) is 0. The van der Waals surface area contributed by atoms with Crippen molar-refractivity contribution in [1.29, 1.82) is 0 Å². The maximum absolute atomic E-state index is 12.0. The number of amides is 1. The first-order chi connectivity index (χ1) is 14.0. The van der Waals surface area contributed by atoms with Crippen LogP contribution in [0.5, 0.6) is 0 Å². The van der Waals surface area contributed by atoms with Crippen molar-refractivity contribution in [2.45, 2.75) is 58.5 Å². The van der Waals surface area contributed by atoms with Gasteiger partial charge in [0.2, 0.25) is 0 Å². The summed E-state index contributed by atoms with van der Waals surface area (Å²) in [6, 6.07) is 11.1. The lowest BCUT2D eigenvalue weighted by Gasteiger charge is -2.39. The number of nitrogens with zero attached hydrogens (tertiary/aromatic N) is 3. The number of ether oxygens (including phenoxy) is 1. The Balaban J connectivity index is 1.49. The van der Waals surface area contributed by atoms with E-state index in [0.717, 1.165) is 44.5 Å². The first-order valence-electron chi connectivity index (χ1n) is 10.8. The molecule has 6 nitrogen and oxygen atoms in total. The minimum Gasteiger partial charge on any atom is -0.450 e. The van der Waals surface area contributed by atoms with E-state index in [1.807, 2.05) is 24.1 Å². The highest BCUT2D eigenvalue weighted by Gasteiger charge is 2.36. The summed E-state index contributed by atoms with van der Waals surface area (Å²) in [6.07, 6.45) is 5.89. The quantitative estimate of drug-likeness (QED) is 0.845. The second-order valence-corrected chi connectivity index (χ2v) is 9.02. The lowest BCUT2D eigenvalue weighted by atomic mass is 9.74. The number of hydrogen-bond donors (Lipinski definition) is 1. The van der Waals surface area contributed by atoms with Gasteiger partial charge in [0.25, 0.3) is 0 Å². The zero-order valence-corrected chi connectivity index (χ0v) is 17.7. The molecule has 1 saturated heterocycles. The van der Waals surface area contributed by atoms with Crippen molar-refractivity contribution in [2.24, 2.45) is 5.41 Å². The molecule has 156 valence electrons. The van der Waals surface area contributed by atoms with E-state index in [0.29, 0.717) is 18.7 Å². The van der Waals surface area contributed by atoms with Crippen molar-refractivity contribution in [3.63, 3.8) is 0 Å². The summed E-state index contributed by atoms with van der Waals surface area (Å²) in [6.45, 7) is 8.48. The van der Waals surface area contributed by atoms with Gasteiger partial charge in [0.15, 0.2) is 0 Å². The third-order valence-corrected chi connectivity index (χ3v) is 6.14. The number of benzene rings is 1. The molecule has 1 unspecified atom stereocenters. The molecule has 1 amide bonds. The third kappa shape index (κ3) is 4.32. The number of para-hydroxylation sites is 1. The fourth-order valence-corrected chi connectivity index (χ4v) is 4.71. The Morgan fingerprint density at radius 1 is 1.24 bits per heavy atom. The Labute approximate surface area is 173 Å². The average Bonchev–Trinajstić information content (AvgIpc) is 3.12. The number of likely N-dealkylation sites (tertiary alicyclic amines) is 1. The van der Waals surface area contributed by atoms with Crippen molar-refractivity contribution >= 4 is 6.09 Å². The number of fused-ring (bicyclic) bond motifs is 1. The number of rotatable bonds is 4. The minimum absolute atomic E-state index is 0.184. The Hall–Kier alpha value is -2.34. The molecule has 1 aromatic carbocycles. The molecule has 2 aliphatic rings. The number of nitrogens with one attached hydrogen (secondary N) is 1. The minimum atomic E-state index is -0.184. The normalized spacial score (nSPS) is 21.6. The maximum Gasteiger partial charge on any atom is 0.409 e. The van der Waals surface area contributed by atoms with Gasteiger partial charge in [-0.1, -0.05) is 32.0 Å². The summed E-state index contributed by atoms with van der Waals surface area (Å²) in [4.78, 5) is 13.8. The van der Waals surface area contributed by atoms with Crippen LogP contribution in [0, 0.1) is 5.41 Å². The standard InChI is InChI=1S/C23H32N4O2/c1-4-29-22(28)26-12-10-17(11-13-26)25-20-14-23(2,3)15-21-19(20)16-24-27(21)18-8-6-5-7-9-18/h5-9,16-17,20,25H,4,10-15H2,1-3H3. The zero-order chi connectivity index (χ0) is 20.4. The Morgan fingerprint density at radius 2 is 1.97 bits per heavy atom. The van der Waals surface area contributed by atoms with Crippen molar-refractivity contribution in [2.75, 3.05) is 19.7 Å². The van der Waals surface area contributed by atoms with Gasteiger partial charge in [0, 0.05) is 36.4 Å². The summed E-state index contributed by atoms with van der Waals surface area (Å²) < 4.78 is 7.25. The van der Waals surface area contributed by atoms with Gasteiger partial charge in [-0.05, 0) is 50.2 Å². The largest absolute Gasteiger partial charge is 0.450 e. The molecule has 1 N–H and O–H groups in total. The van der Waals surface area contributed by atoms with Crippen LogP contribution in [0.4, 0.5) is 4.79 Å². The Bertz CT molecular complexity index is 838. The molecule has 29 heavy (non-hydrogen) atoms. The lowest BCUT2D eigenvalue weighted by molar-refractivity contribution is 0.0931. The van der Waals surface area contributed by atoms with Crippen LogP contribution in [0.2, 0.25) is 0 Å². The molecule has 0 radical (unpaired) electrons. The molecule has 0 spiro atoms. The second kappa shape index (κ2) is 8.19. The molecular formula is C23H32N4O2. The van der Waals surface area contributed by atoms with Crippen LogP contribution in [0.1, 0.15) is 57.3 Å². The van der Waals surface area contributed by atoms with E-state index in [1.165, 1.54) is 11.3 Å². The smallest absolute Gasteiger partial charge is 0.409 e. The highest BCUT2D eigenvalue weighted by molar-refractivity contribution is 5.67. The van der Waals surface area contributed by atoms with Crippen molar-refractivity contribution in [1.82, 2.24) is 20.0 Å². The monoisotopic (exact) mass is 396 g/mol. The number of aromatic nitrogens is 2. The van der Waals surface area contributed by atoms with Gasteiger partial charge in [0.05, 0.1) is 18.5 Å². The van der Waals surface area contributed by atoms with E-state index in [9.17, 15) is 4.79 Å². The van der Waals surface area contributed by atoms with Crippen LogP contribution in [-0.2, 0) is 11.2 Å². The summed E-state index contributed by atoms with van der Waals surface area (Å²) in [5.41, 5.74) is 3.96. The van der Waals surface area contributed by atoms with E-state index >= 15 is 0 Å². The molecule has 2 heterocycles. The maximum atomic E-state index is 12.0. The summed E-state index contributed by atoms with van der Waals surface area (Å²) >= 11 is 0. The zero-order valence-electron chi connectivity index (χ0n) is 17.7. The van der Waals surface area contributed by atoms with Gasteiger partial charge in [0.1, 0.15) is 0 Å². The number of carbonyl (C=O) groups excluding carboxylic acids is 1. The summed E-state index contributed by atoms with van der Waals surface area (Å²) in [5, 5.41) is 8.63. The number of hydrogen-bond acceptors (Lipinski definition) is 4. The first kappa shape index (κ1) is 20.0. The fraction of sp³-hybridized carbons (Fsp3) is 0.565. The van der Waals surface area contributed by atoms with E-state index in [1.54, 1.807) is 0 Å². The average molecular weight is 397 g/mol. The molecule has 0 bridgehead atoms. The number of carbonyl (C=O) groups is 1.